The van der Waals surface area contributed by atoms with Crippen LogP contribution >= 0.6 is 11.3 Å². The Labute approximate surface area is 183 Å². The highest BCUT2D eigenvalue weighted by atomic mass is 32.1. The molecule has 1 N–H and O–H groups in total. The molecule has 9 heteroatoms. The molecule has 0 amide bonds. The van der Waals surface area contributed by atoms with Gasteiger partial charge in [-0.1, -0.05) is 12.1 Å². The van der Waals surface area contributed by atoms with E-state index >= 15 is 0 Å². The summed E-state index contributed by atoms with van der Waals surface area (Å²) < 4.78 is 3.13. The van der Waals surface area contributed by atoms with Crippen LogP contribution in [0.15, 0.2) is 30.6 Å². The molecule has 1 saturated heterocycles. The van der Waals surface area contributed by atoms with Crippen molar-refractivity contribution in [2.45, 2.75) is 44.7 Å². The molecule has 1 aliphatic carbocycles. The fraction of sp³-hybridized carbons (Fsp3) is 0.409. The maximum Gasteiger partial charge on any atom is 0.229 e. The largest absolute Gasteiger partial charge is 0.362 e. The maximum atomic E-state index is 12.4. The second kappa shape index (κ2) is 7.56. The molecule has 4 aromatic rings. The molecule has 2 fully saturated rings. The molecule has 1 aromatic carbocycles. The first kappa shape index (κ1) is 18.7. The molecule has 1 saturated carbocycles. The Hall–Kier alpha value is -3.07. The van der Waals surface area contributed by atoms with Gasteiger partial charge in [0, 0.05) is 19.5 Å². The molecule has 1 aliphatic heterocycles. The molecule has 6 rings (SSSR count). The van der Waals surface area contributed by atoms with Crippen molar-refractivity contribution in [3.8, 4) is 0 Å². The number of Topliss-reactive ketones (excluding diaryl/α,β-unsaturated/α-hetero) is 1. The van der Waals surface area contributed by atoms with Crippen molar-refractivity contribution < 1.29 is 4.79 Å². The fourth-order valence-electron chi connectivity index (χ4n) is 4.56. The van der Waals surface area contributed by atoms with E-state index in [2.05, 4.69) is 21.3 Å². The molecule has 0 spiro atoms. The van der Waals surface area contributed by atoms with Crippen molar-refractivity contribution in [3.63, 3.8) is 0 Å². The number of nitrogens with one attached hydrogen (secondary N) is 1. The predicted molar refractivity (Wildman–Crippen MR) is 122 cm³/mol. The first-order chi connectivity index (χ1) is 15.3. The quantitative estimate of drug-likeness (QED) is 0.510. The van der Waals surface area contributed by atoms with E-state index < -0.39 is 0 Å². The van der Waals surface area contributed by atoms with Gasteiger partial charge >= 0.3 is 0 Å². The Kier molecular flexibility index (Phi) is 4.56. The zero-order chi connectivity index (χ0) is 20.8. The van der Waals surface area contributed by atoms with E-state index in [0.29, 0.717) is 30.2 Å². The number of ketones is 1. The third-order valence-electron chi connectivity index (χ3n) is 6.15. The van der Waals surface area contributed by atoms with Gasteiger partial charge in [-0.05, 0) is 37.8 Å². The zero-order valence-corrected chi connectivity index (χ0v) is 17.9. The van der Waals surface area contributed by atoms with Crippen LogP contribution in [0.4, 0.5) is 11.8 Å². The van der Waals surface area contributed by atoms with Gasteiger partial charge < -0.3 is 14.8 Å². The molecule has 3 aromatic heterocycles. The summed E-state index contributed by atoms with van der Waals surface area (Å²) in [6.45, 7) is 2.48. The molecule has 0 bridgehead atoms. The highest BCUT2D eigenvalue weighted by molar-refractivity contribution is 7.18. The van der Waals surface area contributed by atoms with Gasteiger partial charge in [-0.2, -0.15) is 9.97 Å². The Bertz CT molecular complexity index is 1240. The van der Waals surface area contributed by atoms with Gasteiger partial charge in [0.25, 0.3) is 0 Å². The third-order valence-corrected chi connectivity index (χ3v) is 7.19. The zero-order valence-electron chi connectivity index (χ0n) is 17.1. The summed E-state index contributed by atoms with van der Waals surface area (Å²) in [6.07, 6.45) is 6.46. The van der Waals surface area contributed by atoms with Gasteiger partial charge in [-0.15, -0.1) is 11.3 Å². The lowest BCUT2D eigenvalue weighted by Crippen LogP contribution is -2.22. The monoisotopic (exact) mass is 433 g/mol. The van der Waals surface area contributed by atoms with E-state index in [1.165, 1.54) is 4.70 Å². The molecule has 158 valence electrons. The Morgan fingerprint density at radius 2 is 1.97 bits per heavy atom. The van der Waals surface area contributed by atoms with Crippen LogP contribution in [-0.4, -0.2) is 43.4 Å². The summed E-state index contributed by atoms with van der Waals surface area (Å²) in [4.78, 5) is 33.6. The number of carbonyl (C=O) groups excluding carboxylic acids is 1. The van der Waals surface area contributed by atoms with E-state index in [4.69, 9.17) is 15.0 Å². The van der Waals surface area contributed by atoms with E-state index in [1.807, 2.05) is 22.8 Å². The van der Waals surface area contributed by atoms with Gasteiger partial charge in [0.1, 0.15) is 5.01 Å². The molecular formula is C22H23N7OS. The SMILES string of the molecule is O=C1CCCC1n1cnc2c(NCc3nc4ccccc4s3)nc(N3CCCC3)nc21. The summed E-state index contributed by atoms with van der Waals surface area (Å²) in [5.74, 6) is 1.68. The van der Waals surface area contributed by atoms with E-state index in [1.54, 1.807) is 17.7 Å². The number of hydrogen-bond donors (Lipinski definition) is 1. The van der Waals surface area contributed by atoms with Crippen LogP contribution in [0.25, 0.3) is 21.4 Å². The number of para-hydroxylation sites is 1. The standard InChI is InChI=1S/C22H23N7OS/c30-16-8-5-7-15(16)29-13-24-19-20(26-22(27-21(19)29)28-10-3-4-11-28)23-12-18-25-14-6-1-2-9-17(14)31-18/h1-2,6,9,13,15H,3-5,7-8,10-12H2,(H,23,26,27). The van der Waals surface area contributed by atoms with Crippen LogP contribution < -0.4 is 10.2 Å². The number of carbonyl (C=O) groups is 1. The highest BCUT2D eigenvalue weighted by Crippen LogP contribution is 2.32. The summed E-state index contributed by atoms with van der Waals surface area (Å²) in [6, 6.07) is 8.00. The minimum absolute atomic E-state index is 0.163. The summed E-state index contributed by atoms with van der Waals surface area (Å²) in [5, 5.41) is 4.45. The lowest BCUT2D eigenvalue weighted by Gasteiger charge is -2.17. The Morgan fingerprint density at radius 3 is 2.77 bits per heavy atom. The van der Waals surface area contributed by atoms with E-state index in [0.717, 1.165) is 54.9 Å². The van der Waals surface area contributed by atoms with Crippen LogP contribution in [0.1, 0.15) is 43.2 Å². The molecule has 1 atom stereocenters. The third kappa shape index (κ3) is 3.33. The average Bonchev–Trinajstić information content (AvgIpc) is 3.57. The van der Waals surface area contributed by atoms with Crippen LogP contribution in [0.3, 0.4) is 0 Å². The first-order valence-electron chi connectivity index (χ1n) is 10.9. The normalized spacial score (nSPS) is 19.2. The van der Waals surface area contributed by atoms with Crippen molar-refractivity contribution in [2.75, 3.05) is 23.3 Å². The number of anilines is 2. The predicted octanol–water partition coefficient (Wildman–Crippen LogP) is 3.94. The topological polar surface area (TPSA) is 88.8 Å². The van der Waals surface area contributed by atoms with Gasteiger partial charge in [0.2, 0.25) is 5.95 Å². The van der Waals surface area contributed by atoms with Crippen molar-refractivity contribution in [1.29, 1.82) is 0 Å². The number of thiazole rings is 1. The van der Waals surface area contributed by atoms with Crippen molar-refractivity contribution in [2.24, 2.45) is 0 Å². The minimum Gasteiger partial charge on any atom is -0.362 e. The Balaban J connectivity index is 1.38. The smallest absolute Gasteiger partial charge is 0.229 e. The molecule has 1 unspecified atom stereocenters. The van der Waals surface area contributed by atoms with Gasteiger partial charge in [0.05, 0.1) is 29.1 Å². The summed E-state index contributed by atoms with van der Waals surface area (Å²) >= 11 is 1.68. The van der Waals surface area contributed by atoms with Crippen LogP contribution in [-0.2, 0) is 11.3 Å². The molecule has 0 radical (unpaired) electrons. The molecular weight excluding hydrogens is 410 g/mol. The van der Waals surface area contributed by atoms with Gasteiger partial charge in [-0.25, -0.2) is 9.97 Å². The number of benzene rings is 1. The van der Waals surface area contributed by atoms with Crippen LogP contribution in [0.5, 0.6) is 0 Å². The van der Waals surface area contributed by atoms with Crippen molar-refractivity contribution in [1.82, 2.24) is 24.5 Å². The molecule has 2 aliphatic rings. The van der Waals surface area contributed by atoms with Gasteiger partial charge in [-0.3, -0.25) is 4.79 Å². The van der Waals surface area contributed by atoms with Crippen molar-refractivity contribution in [3.05, 3.63) is 35.6 Å². The minimum atomic E-state index is -0.163. The second-order valence-electron chi connectivity index (χ2n) is 8.19. The number of imidazole rings is 1. The number of aromatic nitrogens is 5. The summed E-state index contributed by atoms with van der Waals surface area (Å²) in [5.41, 5.74) is 2.46. The van der Waals surface area contributed by atoms with Crippen LogP contribution in [0.2, 0.25) is 0 Å². The highest BCUT2D eigenvalue weighted by Gasteiger charge is 2.29. The van der Waals surface area contributed by atoms with Crippen LogP contribution in [0, 0.1) is 0 Å². The Morgan fingerprint density at radius 1 is 1.10 bits per heavy atom. The lowest BCUT2D eigenvalue weighted by atomic mass is 10.2. The first-order valence-corrected chi connectivity index (χ1v) is 11.7. The number of fused-ring (bicyclic) bond motifs is 2. The number of rotatable bonds is 5. The average molecular weight is 434 g/mol. The molecule has 8 nitrogen and oxygen atoms in total. The number of hydrogen-bond acceptors (Lipinski definition) is 8. The lowest BCUT2D eigenvalue weighted by molar-refractivity contribution is -0.120. The summed E-state index contributed by atoms with van der Waals surface area (Å²) in [7, 11) is 0. The van der Waals surface area contributed by atoms with Gasteiger partial charge in [0.15, 0.2) is 22.8 Å². The number of nitrogens with zero attached hydrogens (tertiary/aromatic N) is 6. The second-order valence-corrected chi connectivity index (χ2v) is 9.31. The van der Waals surface area contributed by atoms with E-state index in [-0.39, 0.29) is 11.8 Å². The van der Waals surface area contributed by atoms with E-state index in [9.17, 15) is 4.79 Å². The fourth-order valence-corrected chi connectivity index (χ4v) is 5.47. The molecule has 4 heterocycles. The molecule has 31 heavy (non-hydrogen) atoms. The van der Waals surface area contributed by atoms with Crippen molar-refractivity contribution >= 4 is 50.3 Å². The maximum absolute atomic E-state index is 12.4.